The van der Waals surface area contributed by atoms with Crippen LogP contribution in [0.15, 0.2) is 42.6 Å². The Kier molecular flexibility index (Phi) is 5.11. The highest BCUT2D eigenvalue weighted by atomic mass is 35.5. The monoisotopic (exact) mass is 369 g/mol. The highest BCUT2D eigenvalue weighted by Crippen LogP contribution is 2.29. The van der Waals surface area contributed by atoms with E-state index in [1.165, 1.54) is 11.1 Å². The topological polar surface area (TPSA) is 36.4 Å². The zero-order valence-corrected chi connectivity index (χ0v) is 15.7. The standard InChI is InChI=1S/C21H24ClN3O/c22-19-6-3-10-23-21(19)24-11-7-16(8-12-24)14-20(26)25-13-9-17-4-1-2-5-18(17)15-25/h1-6,10,16H,7-9,11-15H2. The van der Waals surface area contributed by atoms with Gasteiger partial charge in [0, 0.05) is 38.8 Å². The van der Waals surface area contributed by atoms with Crippen LogP contribution in [0.25, 0.3) is 0 Å². The minimum absolute atomic E-state index is 0.300. The molecule has 2 aliphatic rings. The molecule has 0 unspecified atom stereocenters. The van der Waals surface area contributed by atoms with E-state index < -0.39 is 0 Å². The smallest absolute Gasteiger partial charge is 0.223 e. The lowest BCUT2D eigenvalue weighted by Crippen LogP contribution is -2.39. The molecule has 4 nitrogen and oxygen atoms in total. The van der Waals surface area contributed by atoms with Gasteiger partial charge >= 0.3 is 0 Å². The molecule has 2 aromatic rings. The molecule has 1 fully saturated rings. The summed E-state index contributed by atoms with van der Waals surface area (Å²) in [4.78, 5) is 21.4. The molecule has 1 aromatic heterocycles. The number of hydrogen-bond donors (Lipinski definition) is 0. The molecule has 0 radical (unpaired) electrons. The first-order chi connectivity index (χ1) is 12.7. The van der Waals surface area contributed by atoms with Crippen LogP contribution in [0, 0.1) is 5.92 Å². The van der Waals surface area contributed by atoms with Crippen LogP contribution in [-0.4, -0.2) is 35.4 Å². The number of carbonyl (C=O) groups excluding carboxylic acids is 1. The summed E-state index contributed by atoms with van der Waals surface area (Å²) in [6.07, 6.45) is 5.45. The van der Waals surface area contributed by atoms with Crippen molar-refractivity contribution in [3.05, 3.63) is 58.7 Å². The van der Waals surface area contributed by atoms with E-state index in [4.69, 9.17) is 11.6 Å². The first-order valence-corrected chi connectivity index (χ1v) is 9.78. The van der Waals surface area contributed by atoms with E-state index in [1.54, 1.807) is 6.20 Å². The molecule has 136 valence electrons. The molecule has 0 N–H and O–H groups in total. The Morgan fingerprint density at radius 2 is 1.85 bits per heavy atom. The molecular formula is C21H24ClN3O. The molecule has 0 spiro atoms. The number of fused-ring (bicyclic) bond motifs is 1. The maximum atomic E-state index is 12.8. The third-order valence-electron chi connectivity index (χ3n) is 5.60. The normalized spacial score (nSPS) is 17.9. The Morgan fingerprint density at radius 1 is 1.08 bits per heavy atom. The molecule has 0 atom stereocenters. The van der Waals surface area contributed by atoms with Crippen LogP contribution in [0.3, 0.4) is 0 Å². The fourth-order valence-corrected chi connectivity index (χ4v) is 4.28. The molecular weight excluding hydrogens is 346 g/mol. The number of rotatable bonds is 3. The maximum Gasteiger partial charge on any atom is 0.223 e. The molecule has 1 saturated heterocycles. The van der Waals surface area contributed by atoms with E-state index in [1.807, 2.05) is 17.0 Å². The van der Waals surface area contributed by atoms with Gasteiger partial charge in [0.05, 0.1) is 5.02 Å². The summed E-state index contributed by atoms with van der Waals surface area (Å²) in [6.45, 7) is 3.44. The third kappa shape index (κ3) is 3.70. The Bertz CT molecular complexity index is 786. The summed E-state index contributed by atoms with van der Waals surface area (Å²) < 4.78 is 0. The number of hydrogen-bond acceptors (Lipinski definition) is 3. The summed E-state index contributed by atoms with van der Waals surface area (Å²) in [5.41, 5.74) is 2.68. The summed E-state index contributed by atoms with van der Waals surface area (Å²) in [6, 6.07) is 12.2. The fraction of sp³-hybridized carbons (Fsp3) is 0.429. The molecule has 3 heterocycles. The highest BCUT2D eigenvalue weighted by Gasteiger charge is 2.26. The van der Waals surface area contributed by atoms with Crippen LogP contribution in [-0.2, 0) is 17.8 Å². The number of benzene rings is 1. The molecule has 0 bridgehead atoms. The van der Waals surface area contributed by atoms with E-state index in [-0.39, 0.29) is 0 Å². The van der Waals surface area contributed by atoms with Crippen LogP contribution in [0.2, 0.25) is 5.02 Å². The van der Waals surface area contributed by atoms with Crippen LogP contribution in [0.1, 0.15) is 30.4 Å². The van der Waals surface area contributed by atoms with Gasteiger partial charge in [0.1, 0.15) is 5.82 Å². The minimum atomic E-state index is 0.300. The van der Waals surface area contributed by atoms with Crippen LogP contribution in [0.5, 0.6) is 0 Å². The molecule has 1 aromatic carbocycles. The largest absolute Gasteiger partial charge is 0.355 e. The molecule has 4 rings (SSSR count). The number of nitrogens with zero attached hydrogens (tertiary/aromatic N) is 3. The lowest BCUT2D eigenvalue weighted by atomic mass is 9.92. The van der Waals surface area contributed by atoms with Gasteiger partial charge < -0.3 is 9.80 Å². The molecule has 0 aliphatic carbocycles. The third-order valence-corrected chi connectivity index (χ3v) is 5.89. The second kappa shape index (κ2) is 7.67. The van der Waals surface area contributed by atoms with Crippen molar-refractivity contribution in [2.75, 3.05) is 24.5 Å². The van der Waals surface area contributed by atoms with Gasteiger partial charge in [-0.15, -0.1) is 0 Å². The van der Waals surface area contributed by atoms with Gasteiger partial charge in [-0.3, -0.25) is 4.79 Å². The van der Waals surface area contributed by atoms with Crippen molar-refractivity contribution in [2.45, 2.75) is 32.2 Å². The van der Waals surface area contributed by atoms with Crippen molar-refractivity contribution in [2.24, 2.45) is 5.92 Å². The Balaban J connectivity index is 1.31. The number of amides is 1. The van der Waals surface area contributed by atoms with Crippen molar-refractivity contribution in [1.29, 1.82) is 0 Å². The predicted octanol–water partition coefficient (Wildman–Crippen LogP) is 3.93. The van der Waals surface area contributed by atoms with Gasteiger partial charge in [-0.05, 0) is 48.4 Å². The van der Waals surface area contributed by atoms with Crippen LogP contribution in [0.4, 0.5) is 5.82 Å². The van der Waals surface area contributed by atoms with E-state index in [9.17, 15) is 4.79 Å². The zero-order chi connectivity index (χ0) is 17.9. The Labute approximate surface area is 159 Å². The van der Waals surface area contributed by atoms with Gasteiger partial charge in [0.25, 0.3) is 0 Å². The van der Waals surface area contributed by atoms with Crippen molar-refractivity contribution in [3.63, 3.8) is 0 Å². The molecule has 2 aliphatic heterocycles. The lowest BCUT2D eigenvalue weighted by molar-refractivity contribution is -0.133. The number of aromatic nitrogens is 1. The quantitative estimate of drug-likeness (QED) is 0.822. The fourth-order valence-electron chi connectivity index (χ4n) is 4.04. The number of pyridine rings is 1. The first kappa shape index (κ1) is 17.3. The van der Waals surface area contributed by atoms with Gasteiger partial charge in [-0.1, -0.05) is 35.9 Å². The molecule has 0 saturated carbocycles. The summed E-state index contributed by atoms with van der Waals surface area (Å²) >= 11 is 6.26. The first-order valence-electron chi connectivity index (χ1n) is 9.41. The van der Waals surface area contributed by atoms with Crippen molar-refractivity contribution in [3.8, 4) is 0 Å². The summed E-state index contributed by atoms with van der Waals surface area (Å²) in [7, 11) is 0. The van der Waals surface area contributed by atoms with Crippen molar-refractivity contribution >= 4 is 23.3 Å². The van der Waals surface area contributed by atoms with Crippen molar-refractivity contribution < 1.29 is 4.79 Å². The minimum Gasteiger partial charge on any atom is -0.355 e. The number of anilines is 1. The van der Waals surface area contributed by atoms with Gasteiger partial charge in [0.15, 0.2) is 0 Å². The van der Waals surface area contributed by atoms with Gasteiger partial charge in [-0.25, -0.2) is 4.98 Å². The average molecular weight is 370 g/mol. The van der Waals surface area contributed by atoms with E-state index in [0.29, 0.717) is 23.3 Å². The van der Waals surface area contributed by atoms with E-state index in [2.05, 4.69) is 34.1 Å². The predicted molar refractivity (Wildman–Crippen MR) is 104 cm³/mol. The molecule has 26 heavy (non-hydrogen) atoms. The number of carbonyl (C=O) groups is 1. The lowest BCUT2D eigenvalue weighted by Gasteiger charge is -2.35. The number of piperidine rings is 1. The second-order valence-corrected chi connectivity index (χ2v) is 7.68. The van der Waals surface area contributed by atoms with Crippen molar-refractivity contribution in [1.82, 2.24) is 9.88 Å². The maximum absolute atomic E-state index is 12.8. The summed E-state index contributed by atoms with van der Waals surface area (Å²) in [5.74, 6) is 1.62. The van der Waals surface area contributed by atoms with E-state index in [0.717, 1.165) is 51.3 Å². The summed E-state index contributed by atoms with van der Waals surface area (Å²) in [5, 5.41) is 0.703. The number of halogens is 1. The van der Waals surface area contributed by atoms with E-state index >= 15 is 0 Å². The molecule has 5 heteroatoms. The Morgan fingerprint density at radius 3 is 2.62 bits per heavy atom. The average Bonchev–Trinajstić information content (AvgIpc) is 2.69. The highest BCUT2D eigenvalue weighted by molar-refractivity contribution is 6.32. The Hall–Kier alpha value is -2.07. The van der Waals surface area contributed by atoms with Crippen LogP contribution < -0.4 is 4.90 Å². The van der Waals surface area contributed by atoms with Crippen LogP contribution >= 0.6 is 11.6 Å². The zero-order valence-electron chi connectivity index (χ0n) is 14.9. The van der Waals surface area contributed by atoms with Gasteiger partial charge in [0.2, 0.25) is 5.91 Å². The van der Waals surface area contributed by atoms with Gasteiger partial charge in [-0.2, -0.15) is 0 Å². The second-order valence-electron chi connectivity index (χ2n) is 7.28. The molecule has 1 amide bonds. The SMILES string of the molecule is O=C(CC1CCN(c2ncccc2Cl)CC1)N1CCc2ccccc2C1.